The zero-order valence-electron chi connectivity index (χ0n) is 17.8. The summed E-state index contributed by atoms with van der Waals surface area (Å²) >= 11 is 4.38. The van der Waals surface area contributed by atoms with Gasteiger partial charge in [-0.05, 0) is 50.1 Å². The molecule has 0 aliphatic carbocycles. The van der Waals surface area contributed by atoms with Crippen LogP contribution in [0.25, 0.3) is 5.78 Å². The fourth-order valence-corrected chi connectivity index (χ4v) is 4.28. The Hall–Kier alpha value is -2.78. The molecule has 1 N–H and O–H groups in total. The molecular formula is C23H21BrFN5OS. The minimum atomic E-state index is -0.500. The molecule has 0 atom stereocenters. The van der Waals surface area contributed by atoms with Gasteiger partial charge in [0.15, 0.2) is 0 Å². The van der Waals surface area contributed by atoms with E-state index in [4.69, 9.17) is 0 Å². The largest absolute Gasteiger partial charge is 0.323 e. The van der Waals surface area contributed by atoms with E-state index in [1.165, 1.54) is 35.0 Å². The van der Waals surface area contributed by atoms with E-state index < -0.39 is 5.82 Å². The standard InChI is InChI=1S/C23H21BrFN5OS/c1-13-4-6-16(7-5-13)10-18-14(2)26-22-28-23(29-30(22)15(18)3)32-12-21(31)27-20-9-8-17(24)11-19(20)25/h4-9,11H,10,12H2,1-3H3,(H,27,31). The van der Waals surface area contributed by atoms with Gasteiger partial charge in [-0.1, -0.05) is 57.5 Å². The fourth-order valence-electron chi connectivity index (χ4n) is 3.32. The molecule has 2 aromatic carbocycles. The lowest BCUT2D eigenvalue weighted by Crippen LogP contribution is -2.15. The molecule has 32 heavy (non-hydrogen) atoms. The molecule has 1 amide bonds. The van der Waals surface area contributed by atoms with Gasteiger partial charge in [0.25, 0.3) is 5.78 Å². The van der Waals surface area contributed by atoms with Gasteiger partial charge in [-0.2, -0.15) is 4.98 Å². The first-order valence-electron chi connectivity index (χ1n) is 9.96. The van der Waals surface area contributed by atoms with E-state index >= 15 is 0 Å². The average molecular weight is 514 g/mol. The van der Waals surface area contributed by atoms with Crippen LogP contribution in [0.15, 0.2) is 52.1 Å². The molecule has 0 unspecified atom stereocenters. The van der Waals surface area contributed by atoms with Crippen molar-refractivity contribution < 1.29 is 9.18 Å². The highest BCUT2D eigenvalue weighted by Gasteiger charge is 2.15. The number of hydrogen-bond acceptors (Lipinski definition) is 5. The summed E-state index contributed by atoms with van der Waals surface area (Å²) in [6, 6.07) is 12.9. The monoisotopic (exact) mass is 513 g/mol. The predicted octanol–water partition coefficient (Wildman–Crippen LogP) is 5.27. The molecule has 4 rings (SSSR count). The van der Waals surface area contributed by atoms with Crippen LogP contribution < -0.4 is 5.32 Å². The highest BCUT2D eigenvalue weighted by atomic mass is 79.9. The molecule has 0 radical (unpaired) electrons. The average Bonchev–Trinajstić information content (AvgIpc) is 3.16. The minimum Gasteiger partial charge on any atom is -0.323 e. The molecule has 0 saturated heterocycles. The first-order valence-corrected chi connectivity index (χ1v) is 11.7. The molecule has 0 fully saturated rings. The van der Waals surface area contributed by atoms with Crippen molar-refractivity contribution >= 4 is 45.1 Å². The Bertz CT molecular complexity index is 1310. The summed E-state index contributed by atoms with van der Waals surface area (Å²) in [7, 11) is 0. The Morgan fingerprint density at radius 2 is 1.88 bits per heavy atom. The third-order valence-corrected chi connectivity index (χ3v) is 6.40. The molecular weight excluding hydrogens is 493 g/mol. The van der Waals surface area contributed by atoms with Crippen molar-refractivity contribution in [3.05, 3.63) is 80.8 Å². The third kappa shape index (κ3) is 4.99. The number of hydrogen-bond donors (Lipinski definition) is 1. The number of thioether (sulfide) groups is 1. The molecule has 164 valence electrons. The van der Waals surface area contributed by atoms with Crippen LogP contribution in [0.1, 0.15) is 28.1 Å². The summed E-state index contributed by atoms with van der Waals surface area (Å²) in [4.78, 5) is 21.3. The Labute approximate surface area is 197 Å². The SMILES string of the molecule is Cc1ccc(Cc2c(C)nc3nc(SCC(=O)Nc4ccc(Br)cc4F)nn3c2C)cc1. The summed E-state index contributed by atoms with van der Waals surface area (Å²) in [5, 5.41) is 7.54. The van der Waals surface area contributed by atoms with Crippen molar-refractivity contribution in [3.8, 4) is 0 Å². The van der Waals surface area contributed by atoms with Gasteiger partial charge in [0.05, 0.1) is 11.4 Å². The topological polar surface area (TPSA) is 72.2 Å². The van der Waals surface area contributed by atoms with Crippen LogP contribution in [0, 0.1) is 26.6 Å². The maximum Gasteiger partial charge on any atom is 0.253 e. The number of amides is 1. The molecule has 6 nitrogen and oxygen atoms in total. The molecule has 0 aliphatic rings. The number of rotatable bonds is 6. The highest BCUT2D eigenvalue weighted by Crippen LogP contribution is 2.22. The number of carbonyl (C=O) groups is 1. The zero-order valence-corrected chi connectivity index (χ0v) is 20.2. The van der Waals surface area contributed by atoms with Gasteiger partial charge in [-0.3, -0.25) is 4.79 Å². The number of aromatic nitrogens is 4. The molecule has 2 heterocycles. The van der Waals surface area contributed by atoms with E-state index in [1.807, 2.05) is 13.8 Å². The van der Waals surface area contributed by atoms with E-state index in [2.05, 4.69) is 67.5 Å². The third-order valence-electron chi connectivity index (χ3n) is 5.07. The first kappa shape index (κ1) is 22.4. The number of fused-ring (bicyclic) bond motifs is 1. The number of benzene rings is 2. The van der Waals surface area contributed by atoms with Crippen LogP contribution in [0.2, 0.25) is 0 Å². The van der Waals surface area contributed by atoms with Crippen molar-refractivity contribution in [2.24, 2.45) is 0 Å². The van der Waals surface area contributed by atoms with Crippen LogP contribution in [0.4, 0.5) is 10.1 Å². The van der Waals surface area contributed by atoms with Crippen LogP contribution in [-0.2, 0) is 11.2 Å². The van der Waals surface area contributed by atoms with Gasteiger partial charge in [-0.25, -0.2) is 13.9 Å². The second-order valence-electron chi connectivity index (χ2n) is 7.49. The van der Waals surface area contributed by atoms with Gasteiger partial charge in [0, 0.05) is 22.3 Å². The lowest BCUT2D eigenvalue weighted by Gasteiger charge is -2.10. The minimum absolute atomic E-state index is 0.0562. The summed E-state index contributed by atoms with van der Waals surface area (Å²) in [5.74, 6) is -0.286. The normalized spacial score (nSPS) is 11.2. The summed E-state index contributed by atoms with van der Waals surface area (Å²) in [6.07, 6.45) is 0.754. The molecule has 0 saturated carbocycles. The van der Waals surface area contributed by atoms with Crippen LogP contribution >= 0.6 is 27.7 Å². The molecule has 9 heteroatoms. The van der Waals surface area contributed by atoms with E-state index in [-0.39, 0.29) is 17.3 Å². The number of aryl methyl sites for hydroxylation is 3. The van der Waals surface area contributed by atoms with Gasteiger partial charge in [0.1, 0.15) is 5.82 Å². The number of anilines is 1. The van der Waals surface area contributed by atoms with Crippen molar-refractivity contribution in [2.45, 2.75) is 32.3 Å². The Kier molecular flexibility index (Phi) is 6.57. The van der Waals surface area contributed by atoms with Gasteiger partial charge in [0.2, 0.25) is 11.1 Å². The summed E-state index contributed by atoms with van der Waals surface area (Å²) in [6.45, 7) is 6.04. The molecule has 0 bridgehead atoms. The number of nitrogens with zero attached hydrogens (tertiary/aromatic N) is 4. The Morgan fingerprint density at radius 1 is 1.12 bits per heavy atom. The zero-order chi connectivity index (χ0) is 22.8. The Morgan fingerprint density at radius 3 is 2.59 bits per heavy atom. The van der Waals surface area contributed by atoms with E-state index in [9.17, 15) is 9.18 Å². The maximum atomic E-state index is 13.9. The van der Waals surface area contributed by atoms with E-state index in [1.54, 1.807) is 10.6 Å². The number of nitrogens with one attached hydrogen (secondary N) is 1. The van der Waals surface area contributed by atoms with Crippen LogP contribution in [0.3, 0.4) is 0 Å². The second kappa shape index (κ2) is 9.38. The quantitative estimate of drug-likeness (QED) is 0.355. The summed E-state index contributed by atoms with van der Waals surface area (Å²) < 4.78 is 16.2. The summed E-state index contributed by atoms with van der Waals surface area (Å²) in [5.41, 5.74) is 5.54. The fraction of sp³-hybridized carbons (Fsp3) is 0.217. The molecule has 4 aromatic rings. The molecule has 0 spiro atoms. The van der Waals surface area contributed by atoms with Crippen molar-refractivity contribution in [3.63, 3.8) is 0 Å². The highest BCUT2D eigenvalue weighted by molar-refractivity contribution is 9.10. The lowest BCUT2D eigenvalue weighted by molar-refractivity contribution is -0.113. The first-order chi connectivity index (χ1) is 15.3. The van der Waals surface area contributed by atoms with Crippen LogP contribution in [0.5, 0.6) is 0 Å². The van der Waals surface area contributed by atoms with E-state index in [0.717, 1.165) is 23.4 Å². The van der Waals surface area contributed by atoms with Crippen LogP contribution in [-0.4, -0.2) is 31.2 Å². The molecule has 2 aromatic heterocycles. The lowest BCUT2D eigenvalue weighted by atomic mass is 10.0. The van der Waals surface area contributed by atoms with E-state index in [0.29, 0.717) is 15.4 Å². The number of carbonyl (C=O) groups excluding carboxylic acids is 1. The predicted molar refractivity (Wildman–Crippen MR) is 128 cm³/mol. The number of halogens is 2. The maximum absolute atomic E-state index is 13.9. The van der Waals surface area contributed by atoms with Crippen molar-refractivity contribution in [1.82, 2.24) is 19.6 Å². The smallest absolute Gasteiger partial charge is 0.253 e. The van der Waals surface area contributed by atoms with Gasteiger partial charge < -0.3 is 5.32 Å². The van der Waals surface area contributed by atoms with Crippen molar-refractivity contribution in [1.29, 1.82) is 0 Å². The van der Waals surface area contributed by atoms with Gasteiger partial charge >= 0.3 is 0 Å². The Balaban J connectivity index is 1.49. The van der Waals surface area contributed by atoms with Gasteiger partial charge in [-0.15, -0.1) is 5.10 Å². The second-order valence-corrected chi connectivity index (χ2v) is 9.35. The molecule has 0 aliphatic heterocycles. The van der Waals surface area contributed by atoms with Crippen molar-refractivity contribution in [2.75, 3.05) is 11.1 Å².